The number of nitrogens with zero attached hydrogens (tertiary/aromatic N) is 2. The summed E-state index contributed by atoms with van der Waals surface area (Å²) in [5, 5.41) is 10.9. The van der Waals surface area contributed by atoms with Gasteiger partial charge >= 0.3 is 0 Å². The molecule has 1 aliphatic heterocycles. The summed E-state index contributed by atoms with van der Waals surface area (Å²) in [7, 11) is 0. The molecule has 1 saturated heterocycles. The Morgan fingerprint density at radius 3 is 2.95 bits per heavy atom. The Morgan fingerprint density at radius 2 is 2.20 bits per heavy atom. The third-order valence-electron chi connectivity index (χ3n) is 3.97. The molecule has 0 atom stereocenters. The standard InChI is InChI=1S/C15H20N4O/c1-15(4-7-20-8-5-15)17-10-13-11-18-19-14(13)12-3-2-6-16-9-12/h2-3,6,9,11,17H,4-5,7-8,10H2,1H3,(H,18,19). The van der Waals surface area contributed by atoms with E-state index in [-0.39, 0.29) is 5.54 Å². The van der Waals surface area contributed by atoms with Gasteiger partial charge in [-0.05, 0) is 31.9 Å². The van der Waals surface area contributed by atoms with Gasteiger partial charge in [-0.1, -0.05) is 0 Å². The predicted octanol–water partition coefficient (Wildman–Crippen LogP) is 2.13. The minimum absolute atomic E-state index is 0.154. The molecule has 106 valence electrons. The van der Waals surface area contributed by atoms with Crippen molar-refractivity contribution in [2.45, 2.75) is 31.8 Å². The van der Waals surface area contributed by atoms with Gasteiger partial charge in [0.05, 0.1) is 11.9 Å². The quantitative estimate of drug-likeness (QED) is 0.895. The molecule has 0 spiro atoms. The first kappa shape index (κ1) is 13.3. The van der Waals surface area contributed by atoms with Gasteiger partial charge < -0.3 is 10.1 Å². The number of pyridine rings is 1. The first-order valence-electron chi connectivity index (χ1n) is 7.02. The molecule has 3 heterocycles. The average Bonchev–Trinajstić information content (AvgIpc) is 2.95. The zero-order valence-electron chi connectivity index (χ0n) is 11.7. The highest BCUT2D eigenvalue weighted by molar-refractivity contribution is 5.61. The van der Waals surface area contributed by atoms with E-state index in [9.17, 15) is 0 Å². The molecule has 0 amide bonds. The lowest BCUT2D eigenvalue weighted by Crippen LogP contribution is -2.46. The normalized spacial score (nSPS) is 18.1. The molecule has 2 N–H and O–H groups in total. The summed E-state index contributed by atoms with van der Waals surface area (Å²) in [4.78, 5) is 4.16. The van der Waals surface area contributed by atoms with Gasteiger partial charge in [-0.2, -0.15) is 5.10 Å². The molecular weight excluding hydrogens is 252 g/mol. The fourth-order valence-corrected chi connectivity index (χ4v) is 2.51. The highest BCUT2D eigenvalue weighted by Crippen LogP contribution is 2.23. The molecule has 2 aromatic heterocycles. The number of aromatic amines is 1. The lowest BCUT2D eigenvalue weighted by Gasteiger charge is -2.34. The average molecular weight is 272 g/mol. The first-order valence-corrected chi connectivity index (χ1v) is 7.02. The van der Waals surface area contributed by atoms with Gasteiger partial charge in [0.15, 0.2) is 0 Å². The van der Waals surface area contributed by atoms with Gasteiger partial charge in [-0.15, -0.1) is 0 Å². The van der Waals surface area contributed by atoms with Crippen LogP contribution in [0.25, 0.3) is 11.3 Å². The van der Waals surface area contributed by atoms with Crippen molar-refractivity contribution in [3.8, 4) is 11.3 Å². The van der Waals surface area contributed by atoms with Gasteiger partial charge in [-0.25, -0.2) is 0 Å². The van der Waals surface area contributed by atoms with Gasteiger partial charge in [-0.3, -0.25) is 10.1 Å². The van der Waals surface area contributed by atoms with E-state index in [1.54, 1.807) is 6.20 Å². The summed E-state index contributed by atoms with van der Waals surface area (Å²) in [5.41, 5.74) is 3.44. The Balaban J connectivity index is 1.71. The van der Waals surface area contributed by atoms with Crippen LogP contribution >= 0.6 is 0 Å². The van der Waals surface area contributed by atoms with E-state index >= 15 is 0 Å². The largest absolute Gasteiger partial charge is 0.381 e. The van der Waals surface area contributed by atoms with Gasteiger partial charge in [0.1, 0.15) is 0 Å². The summed E-state index contributed by atoms with van der Waals surface area (Å²) in [6.45, 7) is 4.74. The number of aromatic nitrogens is 3. The summed E-state index contributed by atoms with van der Waals surface area (Å²) >= 11 is 0. The Morgan fingerprint density at radius 1 is 1.35 bits per heavy atom. The summed E-state index contributed by atoms with van der Waals surface area (Å²) in [5.74, 6) is 0. The maximum absolute atomic E-state index is 5.43. The van der Waals surface area contributed by atoms with E-state index in [0.29, 0.717) is 0 Å². The van der Waals surface area contributed by atoms with E-state index in [0.717, 1.165) is 43.9 Å². The van der Waals surface area contributed by atoms with Crippen LogP contribution in [0.4, 0.5) is 0 Å². The minimum atomic E-state index is 0.154. The van der Waals surface area contributed by atoms with Crippen LogP contribution in [0, 0.1) is 0 Å². The van der Waals surface area contributed by atoms with Crippen LogP contribution in [0.2, 0.25) is 0 Å². The summed E-state index contributed by atoms with van der Waals surface area (Å²) in [6.07, 6.45) is 7.62. The number of rotatable bonds is 4. The summed E-state index contributed by atoms with van der Waals surface area (Å²) < 4.78 is 5.43. The SMILES string of the molecule is CC1(NCc2cn[nH]c2-c2cccnc2)CCOCC1. The smallest absolute Gasteiger partial charge is 0.0710 e. The lowest BCUT2D eigenvalue weighted by atomic mass is 9.92. The molecule has 5 heteroatoms. The molecule has 0 saturated carbocycles. The zero-order chi connectivity index (χ0) is 13.8. The zero-order valence-corrected chi connectivity index (χ0v) is 11.7. The van der Waals surface area contributed by atoms with E-state index in [2.05, 4.69) is 27.4 Å². The highest BCUT2D eigenvalue weighted by atomic mass is 16.5. The number of nitrogens with one attached hydrogen (secondary N) is 2. The number of H-pyrrole nitrogens is 1. The van der Waals surface area contributed by atoms with Crippen molar-refractivity contribution in [2.75, 3.05) is 13.2 Å². The molecule has 20 heavy (non-hydrogen) atoms. The van der Waals surface area contributed by atoms with E-state index in [1.165, 1.54) is 5.56 Å². The van der Waals surface area contributed by atoms with E-state index in [1.807, 2.05) is 24.5 Å². The fraction of sp³-hybridized carbons (Fsp3) is 0.467. The van der Waals surface area contributed by atoms with Gasteiger partial charge in [0, 0.05) is 48.8 Å². The second-order valence-corrected chi connectivity index (χ2v) is 5.54. The van der Waals surface area contributed by atoms with Gasteiger partial charge in [0.25, 0.3) is 0 Å². The molecule has 3 rings (SSSR count). The van der Waals surface area contributed by atoms with Crippen LogP contribution in [0.15, 0.2) is 30.7 Å². The number of hydrogen-bond acceptors (Lipinski definition) is 4. The van der Waals surface area contributed by atoms with Crippen LogP contribution in [0.5, 0.6) is 0 Å². The number of ether oxygens (including phenoxy) is 1. The molecule has 0 radical (unpaired) electrons. The van der Waals surface area contributed by atoms with Crippen molar-refractivity contribution >= 4 is 0 Å². The van der Waals surface area contributed by atoms with Crippen molar-refractivity contribution in [1.29, 1.82) is 0 Å². The highest BCUT2D eigenvalue weighted by Gasteiger charge is 2.26. The molecule has 1 aliphatic rings. The third-order valence-corrected chi connectivity index (χ3v) is 3.97. The van der Waals surface area contributed by atoms with Crippen LogP contribution in [0.1, 0.15) is 25.3 Å². The maximum atomic E-state index is 5.43. The van der Waals surface area contributed by atoms with Crippen LogP contribution < -0.4 is 5.32 Å². The molecule has 5 nitrogen and oxygen atoms in total. The molecular formula is C15H20N4O. The minimum Gasteiger partial charge on any atom is -0.381 e. The van der Waals surface area contributed by atoms with Crippen molar-refractivity contribution < 1.29 is 4.74 Å². The van der Waals surface area contributed by atoms with Crippen LogP contribution in [0.3, 0.4) is 0 Å². The van der Waals surface area contributed by atoms with Crippen molar-refractivity contribution in [2.24, 2.45) is 0 Å². The topological polar surface area (TPSA) is 62.8 Å². The van der Waals surface area contributed by atoms with Crippen molar-refractivity contribution in [3.63, 3.8) is 0 Å². The molecule has 0 bridgehead atoms. The monoisotopic (exact) mass is 272 g/mol. The maximum Gasteiger partial charge on any atom is 0.0710 e. The van der Waals surface area contributed by atoms with Crippen molar-refractivity contribution in [1.82, 2.24) is 20.5 Å². The molecule has 0 aliphatic carbocycles. The Hall–Kier alpha value is -1.72. The Bertz CT molecular complexity index is 546. The molecule has 1 fully saturated rings. The first-order chi connectivity index (χ1) is 9.77. The second-order valence-electron chi connectivity index (χ2n) is 5.54. The molecule has 0 aromatic carbocycles. The van der Waals surface area contributed by atoms with Crippen molar-refractivity contribution in [3.05, 3.63) is 36.3 Å². The summed E-state index contributed by atoms with van der Waals surface area (Å²) in [6, 6.07) is 3.98. The Kier molecular flexibility index (Phi) is 3.80. The third kappa shape index (κ3) is 2.89. The lowest BCUT2D eigenvalue weighted by molar-refractivity contribution is 0.0446. The molecule has 2 aromatic rings. The van der Waals surface area contributed by atoms with Crippen LogP contribution in [-0.4, -0.2) is 33.9 Å². The second kappa shape index (κ2) is 5.73. The van der Waals surface area contributed by atoms with Gasteiger partial charge in [0.2, 0.25) is 0 Å². The molecule has 0 unspecified atom stereocenters. The van der Waals surface area contributed by atoms with E-state index < -0.39 is 0 Å². The van der Waals surface area contributed by atoms with Crippen LogP contribution in [-0.2, 0) is 11.3 Å². The Labute approximate surface area is 118 Å². The number of hydrogen-bond donors (Lipinski definition) is 2. The van der Waals surface area contributed by atoms with E-state index in [4.69, 9.17) is 4.74 Å². The fourth-order valence-electron chi connectivity index (χ4n) is 2.51. The predicted molar refractivity (Wildman–Crippen MR) is 77.1 cm³/mol.